The van der Waals surface area contributed by atoms with Crippen molar-refractivity contribution in [3.05, 3.63) is 76.3 Å². The standard InChI is InChI=1S/C20H17ClFN5OS/c1-12(14-3-4-16(15(22)11-14)26-8-7-23-13(26)2)24-18(28)6-5-17-19(21)25-20-27(17)9-10-29-20/h3-12H,1-2H3,(H,24,28)/b6-5-/t12-/m1/s1. The van der Waals surface area contributed by atoms with Crippen molar-refractivity contribution in [1.29, 1.82) is 0 Å². The third-order valence-electron chi connectivity index (χ3n) is 4.56. The Labute approximate surface area is 175 Å². The Hall–Kier alpha value is -2.97. The minimum Gasteiger partial charge on any atom is -0.346 e. The molecule has 0 saturated heterocycles. The lowest BCUT2D eigenvalue weighted by atomic mass is 10.1. The molecule has 0 radical (unpaired) electrons. The fraction of sp³-hybridized carbons (Fsp3) is 0.150. The second-order valence-electron chi connectivity index (χ2n) is 6.46. The predicted molar refractivity (Wildman–Crippen MR) is 112 cm³/mol. The summed E-state index contributed by atoms with van der Waals surface area (Å²) in [5.74, 6) is 0.00113. The SMILES string of the molecule is Cc1nccn1-c1ccc([C@@H](C)NC(=O)/C=C\c2c(Cl)nc3sccn23)cc1F. The topological polar surface area (TPSA) is 64.2 Å². The number of nitrogens with one attached hydrogen (secondary N) is 1. The number of hydrogen-bond acceptors (Lipinski definition) is 4. The van der Waals surface area contributed by atoms with Crippen LogP contribution in [0.1, 0.15) is 30.0 Å². The van der Waals surface area contributed by atoms with Gasteiger partial charge in [0, 0.05) is 30.0 Å². The zero-order chi connectivity index (χ0) is 20.5. The van der Waals surface area contributed by atoms with E-state index < -0.39 is 0 Å². The van der Waals surface area contributed by atoms with Crippen LogP contribution in [-0.4, -0.2) is 24.8 Å². The molecule has 6 nitrogen and oxygen atoms in total. The summed E-state index contributed by atoms with van der Waals surface area (Å²) in [6.45, 7) is 3.60. The molecule has 0 aliphatic carbocycles. The molecule has 0 aliphatic rings. The molecule has 0 fully saturated rings. The highest BCUT2D eigenvalue weighted by atomic mass is 35.5. The van der Waals surface area contributed by atoms with Gasteiger partial charge in [0.15, 0.2) is 10.1 Å². The van der Waals surface area contributed by atoms with Gasteiger partial charge >= 0.3 is 0 Å². The van der Waals surface area contributed by atoms with Crippen LogP contribution < -0.4 is 5.32 Å². The van der Waals surface area contributed by atoms with Crippen LogP contribution >= 0.6 is 22.9 Å². The van der Waals surface area contributed by atoms with Crippen LogP contribution in [0.5, 0.6) is 0 Å². The minimum atomic E-state index is -0.383. The first-order valence-electron chi connectivity index (χ1n) is 8.83. The summed E-state index contributed by atoms with van der Waals surface area (Å²) in [4.78, 5) is 21.4. The number of amides is 1. The number of aromatic nitrogens is 4. The molecule has 1 amide bonds. The minimum absolute atomic E-state index is 0.311. The van der Waals surface area contributed by atoms with Crippen LogP contribution in [0, 0.1) is 12.7 Å². The zero-order valence-electron chi connectivity index (χ0n) is 15.6. The van der Waals surface area contributed by atoms with E-state index in [1.165, 1.54) is 23.5 Å². The highest BCUT2D eigenvalue weighted by molar-refractivity contribution is 7.15. The number of thiazole rings is 1. The summed E-state index contributed by atoms with van der Waals surface area (Å²) >= 11 is 7.58. The molecule has 148 valence electrons. The van der Waals surface area contributed by atoms with E-state index in [1.54, 1.807) is 49.0 Å². The van der Waals surface area contributed by atoms with E-state index in [0.717, 1.165) is 4.96 Å². The second kappa shape index (κ2) is 7.81. The van der Waals surface area contributed by atoms with Crippen LogP contribution in [0.15, 0.2) is 48.2 Å². The number of fused-ring (bicyclic) bond motifs is 1. The number of rotatable bonds is 5. The van der Waals surface area contributed by atoms with Crippen molar-refractivity contribution in [2.24, 2.45) is 0 Å². The Morgan fingerprint density at radius 2 is 2.21 bits per heavy atom. The average Bonchev–Trinajstić information content (AvgIpc) is 3.37. The summed E-state index contributed by atoms with van der Waals surface area (Å²) in [6.07, 6.45) is 8.17. The van der Waals surface area contributed by atoms with Crippen molar-refractivity contribution in [3.8, 4) is 5.69 Å². The Morgan fingerprint density at radius 1 is 1.38 bits per heavy atom. The fourth-order valence-corrected chi connectivity index (χ4v) is 4.05. The number of halogens is 2. The van der Waals surface area contributed by atoms with E-state index in [9.17, 15) is 9.18 Å². The maximum atomic E-state index is 14.6. The van der Waals surface area contributed by atoms with Crippen molar-refractivity contribution in [3.63, 3.8) is 0 Å². The van der Waals surface area contributed by atoms with Crippen LogP contribution in [0.25, 0.3) is 16.7 Å². The number of carbonyl (C=O) groups excluding carboxylic acids is 1. The molecule has 0 unspecified atom stereocenters. The van der Waals surface area contributed by atoms with Gasteiger partial charge in [-0.3, -0.25) is 9.20 Å². The monoisotopic (exact) mass is 429 g/mol. The van der Waals surface area contributed by atoms with Gasteiger partial charge in [-0.1, -0.05) is 17.7 Å². The van der Waals surface area contributed by atoms with Gasteiger partial charge in [0.1, 0.15) is 11.6 Å². The van der Waals surface area contributed by atoms with E-state index in [0.29, 0.717) is 27.9 Å². The Kier molecular flexibility index (Phi) is 5.21. The lowest BCUT2D eigenvalue weighted by Gasteiger charge is -2.15. The molecule has 9 heteroatoms. The van der Waals surface area contributed by atoms with Crippen LogP contribution in [0.2, 0.25) is 5.15 Å². The predicted octanol–water partition coefficient (Wildman–Crippen LogP) is 4.57. The molecule has 0 bridgehead atoms. The molecule has 0 spiro atoms. The lowest BCUT2D eigenvalue weighted by Crippen LogP contribution is -2.24. The number of imidazole rings is 2. The second-order valence-corrected chi connectivity index (χ2v) is 7.69. The summed E-state index contributed by atoms with van der Waals surface area (Å²) in [5.41, 5.74) is 1.71. The highest BCUT2D eigenvalue weighted by Gasteiger charge is 2.13. The van der Waals surface area contributed by atoms with Crippen LogP contribution in [-0.2, 0) is 4.79 Å². The van der Waals surface area contributed by atoms with E-state index in [2.05, 4.69) is 15.3 Å². The Bertz CT molecular complexity index is 1220. The van der Waals surface area contributed by atoms with E-state index >= 15 is 0 Å². The third kappa shape index (κ3) is 3.81. The number of hydrogen-bond donors (Lipinski definition) is 1. The molecule has 1 aromatic carbocycles. The Balaban J connectivity index is 1.47. The smallest absolute Gasteiger partial charge is 0.244 e. The molecule has 1 atom stereocenters. The van der Waals surface area contributed by atoms with Crippen LogP contribution in [0.4, 0.5) is 4.39 Å². The number of aryl methyl sites for hydroxylation is 1. The maximum Gasteiger partial charge on any atom is 0.244 e. The summed E-state index contributed by atoms with van der Waals surface area (Å²) in [5, 5.41) is 5.06. The number of nitrogens with zero attached hydrogens (tertiary/aromatic N) is 4. The first kappa shape index (κ1) is 19.4. The van der Waals surface area contributed by atoms with Gasteiger partial charge in [0.25, 0.3) is 0 Å². The molecule has 1 N–H and O–H groups in total. The van der Waals surface area contributed by atoms with E-state index in [4.69, 9.17) is 11.6 Å². The molecule has 3 aromatic heterocycles. The zero-order valence-corrected chi connectivity index (χ0v) is 17.2. The number of carbonyl (C=O) groups is 1. The van der Waals surface area contributed by atoms with Gasteiger partial charge in [0.2, 0.25) is 5.91 Å². The summed E-state index contributed by atoms with van der Waals surface area (Å²) in [7, 11) is 0. The highest BCUT2D eigenvalue weighted by Crippen LogP contribution is 2.23. The molecule has 0 saturated carbocycles. The van der Waals surface area contributed by atoms with E-state index in [1.807, 2.05) is 16.0 Å². The largest absolute Gasteiger partial charge is 0.346 e. The van der Waals surface area contributed by atoms with Gasteiger partial charge in [-0.15, -0.1) is 11.3 Å². The van der Waals surface area contributed by atoms with Gasteiger partial charge in [-0.2, -0.15) is 0 Å². The third-order valence-corrected chi connectivity index (χ3v) is 5.60. The van der Waals surface area contributed by atoms with Gasteiger partial charge in [0.05, 0.1) is 17.4 Å². The molecule has 4 rings (SSSR count). The van der Waals surface area contributed by atoms with Crippen molar-refractivity contribution in [1.82, 2.24) is 24.3 Å². The fourth-order valence-electron chi connectivity index (χ4n) is 3.05. The van der Waals surface area contributed by atoms with Gasteiger partial charge < -0.3 is 9.88 Å². The molecular weight excluding hydrogens is 413 g/mol. The lowest BCUT2D eigenvalue weighted by molar-refractivity contribution is -0.117. The van der Waals surface area contributed by atoms with Crippen molar-refractivity contribution < 1.29 is 9.18 Å². The van der Waals surface area contributed by atoms with Crippen LogP contribution in [0.3, 0.4) is 0 Å². The quantitative estimate of drug-likeness (QED) is 0.472. The molecule has 29 heavy (non-hydrogen) atoms. The first-order chi connectivity index (χ1) is 13.9. The first-order valence-corrected chi connectivity index (χ1v) is 10.1. The maximum absolute atomic E-state index is 14.6. The van der Waals surface area contributed by atoms with E-state index in [-0.39, 0.29) is 17.8 Å². The normalized spacial score (nSPS) is 12.7. The van der Waals surface area contributed by atoms with Gasteiger partial charge in [-0.05, 0) is 37.6 Å². The summed E-state index contributed by atoms with van der Waals surface area (Å²) < 4.78 is 18.1. The summed E-state index contributed by atoms with van der Waals surface area (Å²) in [6, 6.07) is 4.51. The van der Waals surface area contributed by atoms with Crippen molar-refractivity contribution in [2.45, 2.75) is 19.9 Å². The van der Waals surface area contributed by atoms with Crippen molar-refractivity contribution >= 4 is 39.9 Å². The van der Waals surface area contributed by atoms with Gasteiger partial charge in [-0.25, -0.2) is 14.4 Å². The Morgan fingerprint density at radius 3 is 2.93 bits per heavy atom. The molecule has 0 aliphatic heterocycles. The molecule has 4 aromatic rings. The van der Waals surface area contributed by atoms with Crippen molar-refractivity contribution in [2.75, 3.05) is 0 Å². The number of benzene rings is 1. The molecular formula is C20H17ClFN5OS. The average molecular weight is 430 g/mol. The molecule has 3 heterocycles.